The molecule has 132 valence electrons. The number of carbonyl (C=O) groups excluding carboxylic acids is 1. The summed E-state index contributed by atoms with van der Waals surface area (Å²) in [4.78, 5) is 12.6. The molecule has 0 aliphatic heterocycles. The Morgan fingerprint density at radius 2 is 1.36 bits per heavy atom. The van der Waals surface area contributed by atoms with E-state index in [1.807, 2.05) is 0 Å². The summed E-state index contributed by atoms with van der Waals surface area (Å²) in [6, 6.07) is 21.3. The van der Waals surface area contributed by atoms with E-state index in [2.05, 4.69) is 60.7 Å². The standard InChI is InChI=1S/C22H27OPS/c23-22(17-19-11-5-1-2-6-12-19)25-18-24(20-13-7-3-8-14-20)21-15-9-4-10-16-21/h3-4,7-10,13-16,19H,1-2,5-6,11-12,17-18H2. The van der Waals surface area contributed by atoms with Crippen LogP contribution in [0.5, 0.6) is 0 Å². The van der Waals surface area contributed by atoms with Crippen molar-refractivity contribution in [1.29, 1.82) is 0 Å². The molecule has 1 aliphatic carbocycles. The van der Waals surface area contributed by atoms with Gasteiger partial charge in [0.2, 0.25) is 0 Å². The van der Waals surface area contributed by atoms with Gasteiger partial charge in [0.1, 0.15) is 0 Å². The number of hydrogen-bond donors (Lipinski definition) is 0. The van der Waals surface area contributed by atoms with Crippen LogP contribution in [-0.4, -0.2) is 10.6 Å². The lowest BCUT2D eigenvalue weighted by molar-refractivity contribution is -0.111. The average Bonchev–Trinajstić information content (AvgIpc) is 2.92. The maximum absolute atomic E-state index is 12.6. The molecule has 0 unspecified atom stereocenters. The molecule has 0 radical (unpaired) electrons. The van der Waals surface area contributed by atoms with Gasteiger partial charge in [0.15, 0.2) is 5.12 Å². The fraction of sp³-hybridized carbons (Fsp3) is 0.409. The van der Waals surface area contributed by atoms with E-state index in [-0.39, 0.29) is 0 Å². The summed E-state index contributed by atoms with van der Waals surface area (Å²) in [5, 5.41) is 3.11. The summed E-state index contributed by atoms with van der Waals surface area (Å²) in [6.45, 7) is 0. The molecule has 0 N–H and O–H groups in total. The van der Waals surface area contributed by atoms with Crippen molar-refractivity contribution in [3.8, 4) is 0 Å². The Hall–Kier alpha value is -1.11. The SMILES string of the molecule is O=C(CC1CCCCCC1)SCP(c1ccccc1)c1ccccc1. The molecule has 0 heterocycles. The van der Waals surface area contributed by atoms with Gasteiger partial charge in [-0.1, -0.05) is 98.1 Å². The Morgan fingerprint density at radius 1 is 0.840 bits per heavy atom. The van der Waals surface area contributed by atoms with Gasteiger partial charge in [0.05, 0.1) is 0 Å². The highest BCUT2D eigenvalue weighted by Crippen LogP contribution is 2.38. The largest absolute Gasteiger partial charge is 0.287 e. The second-order valence-electron chi connectivity index (χ2n) is 6.81. The molecule has 1 saturated carbocycles. The van der Waals surface area contributed by atoms with Crippen molar-refractivity contribution < 1.29 is 4.79 Å². The van der Waals surface area contributed by atoms with E-state index in [0.29, 0.717) is 11.0 Å². The molecule has 0 saturated heterocycles. The molecule has 3 rings (SSSR count). The molecular weight excluding hydrogens is 343 g/mol. The molecule has 3 heteroatoms. The molecule has 2 aromatic carbocycles. The number of thioether (sulfide) groups is 1. The summed E-state index contributed by atoms with van der Waals surface area (Å²) in [5.74, 6) is 0.627. The number of benzene rings is 2. The van der Waals surface area contributed by atoms with Crippen LogP contribution in [0.1, 0.15) is 44.9 Å². The van der Waals surface area contributed by atoms with E-state index in [1.54, 1.807) is 11.8 Å². The molecule has 0 bridgehead atoms. The summed E-state index contributed by atoms with van der Waals surface area (Å²) in [6.07, 6.45) is 8.59. The molecule has 2 aromatic rings. The zero-order valence-electron chi connectivity index (χ0n) is 14.8. The van der Waals surface area contributed by atoms with Crippen LogP contribution in [0.4, 0.5) is 0 Å². The fourth-order valence-electron chi connectivity index (χ4n) is 3.51. The molecule has 0 aromatic heterocycles. The Bertz CT molecular complexity index is 596. The van der Waals surface area contributed by atoms with Gasteiger partial charge in [0, 0.05) is 11.9 Å². The van der Waals surface area contributed by atoms with Gasteiger partial charge in [-0.15, -0.1) is 0 Å². The summed E-state index contributed by atoms with van der Waals surface area (Å²) < 4.78 is 0. The third-order valence-corrected chi connectivity index (χ3v) is 8.80. The first-order chi connectivity index (χ1) is 12.3. The molecule has 0 amide bonds. The molecular formula is C22H27OPS. The minimum Gasteiger partial charge on any atom is -0.287 e. The minimum atomic E-state index is -0.470. The van der Waals surface area contributed by atoms with Crippen LogP contribution in [0.3, 0.4) is 0 Å². The van der Waals surface area contributed by atoms with Crippen LogP contribution in [-0.2, 0) is 4.79 Å². The van der Waals surface area contributed by atoms with E-state index in [4.69, 9.17) is 0 Å². The van der Waals surface area contributed by atoms with Crippen molar-refractivity contribution in [2.45, 2.75) is 44.9 Å². The lowest BCUT2D eigenvalue weighted by Gasteiger charge is -2.19. The zero-order chi connectivity index (χ0) is 17.3. The highest BCUT2D eigenvalue weighted by atomic mass is 32.2. The van der Waals surface area contributed by atoms with Gasteiger partial charge in [-0.2, -0.15) is 0 Å². The van der Waals surface area contributed by atoms with E-state index in [0.717, 1.165) is 11.9 Å². The zero-order valence-corrected chi connectivity index (χ0v) is 16.5. The lowest BCUT2D eigenvalue weighted by Crippen LogP contribution is -2.14. The highest BCUT2D eigenvalue weighted by Gasteiger charge is 2.19. The molecule has 1 nitrogen and oxygen atoms in total. The Kier molecular flexibility index (Phi) is 7.57. The molecule has 25 heavy (non-hydrogen) atoms. The van der Waals surface area contributed by atoms with Gasteiger partial charge in [0.25, 0.3) is 0 Å². The number of carbonyl (C=O) groups is 1. The van der Waals surface area contributed by atoms with Crippen molar-refractivity contribution in [2.24, 2.45) is 5.92 Å². The van der Waals surface area contributed by atoms with Crippen LogP contribution in [0.2, 0.25) is 0 Å². The van der Waals surface area contributed by atoms with E-state index in [1.165, 1.54) is 49.1 Å². The Balaban J connectivity index is 1.61. The highest BCUT2D eigenvalue weighted by molar-refractivity contribution is 8.18. The molecule has 1 aliphatic rings. The van der Waals surface area contributed by atoms with Crippen LogP contribution >= 0.6 is 19.7 Å². The Labute approximate surface area is 157 Å². The van der Waals surface area contributed by atoms with Crippen LogP contribution in [0.15, 0.2) is 60.7 Å². The molecule has 1 fully saturated rings. The lowest BCUT2D eigenvalue weighted by atomic mass is 9.97. The topological polar surface area (TPSA) is 17.1 Å². The normalized spacial score (nSPS) is 15.9. The van der Waals surface area contributed by atoms with Gasteiger partial charge < -0.3 is 0 Å². The molecule has 0 atom stereocenters. The predicted octanol–water partition coefficient (Wildman–Crippen LogP) is 5.70. The third-order valence-electron chi connectivity index (χ3n) is 4.92. The number of hydrogen-bond acceptors (Lipinski definition) is 2. The first-order valence-corrected chi connectivity index (χ1v) is 11.9. The van der Waals surface area contributed by atoms with E-state index >= 15 is 0 Å². The second-order valence-corrected chi connectivity index (χ2v) is 10.5. The van der Waals surface area contributed by atoms with Crippen LogP contribution in [0.25, 0.3) is 0 Å². The van der Waals surface area contributed by atoms with Crippen molar-refractivity contribution in [1.82, 2.24) is 0 Å². The van der Waals surface area contributed by atoms with Crippen molar-refractivity contribution in [3.05, 3.63) is 60.7 Å². The maximum atomic E-state index is 12.6. The maximum Gasteiger partial charge on any atom is 0.189 e. The van der Waals surface area contributed by atoms with Gasteiger partial charge in [-0.3, -0.25) is 4.79 Å². The first-order valence-electron chi connectivity index (χ1n) is 9.36. The van der Waals surface area contributed by atoms with Crippen molar-refractivity contribution in [3.63, 3.8) is 0 Å². The smallest absolute Gasteiger partial charge is 0.189 e. The summed E-state index contributed by atoms with van der Waals surface area (Å²) >= 11 is 1.56. The van der Waals surface area contributed by atoms with Crippen LogP contribution < -0.4 is 10.6 Å². The second kappa shape index (κ2) is 10.1. The summed E-state index contributed by atoms with van der Waals surface area (Å²) in [5.41, 5.74) is 0.898. The predicted molar refractivity (Wildman–Crippen MR) is 112 cm³/mol. The van der Waals surface area contributed by atoms with Crippen LogP contribution in [0, 0.1) is 5.92 Å². The first kappa shape index (κ1) is 18.7. The van der Waals surface area contributed by atoms with Gasteiger partial charge in [-0.25, -0.2) is 0 Å². The quantitative estimate of drug-likeness (QED) is 0.479. The number of rotatable bonds is 6. The van der Waals surface area contributed by atoms with Gasteiger partial charge in [-0.05, 0) is 37.3 Å². The Morgan fingerprint density at radius 3 is 1.88 bits per heavy atom. The van der Waals surface area contributed by atoms with E-state index in [9.17, 15) is 4.79 Å². The van der Waals surface area contributed by atoms with Gasteiger partial charge >= 0.3 is 0 Å². The summed E-state index contributed by atoms with van der Waals surface area (Å²) in [7, 11) is -0.470. The van der Waals surface area contributed by atoms with Crippen molar-refractivity contribution >= 4 is 35.4 Å². The van der Waals surface area contributed by atoms with Crippen molar-refractivity contribution in [2.75, 3.05) is 5.49 Å². The molecule has 0 spiro atoms. The third kappa shape index (κ3) is 5.97. The monoisotopic (exact) mass is 370 g/mol. The fourth-order valence-corrected chi connectivity index (χ4v) is 7.51. The minimum absolute atomic E-state index is 0.395. The average molecular weight is 370 g/mol. The van der Waals surface area contributed by atoms with E-state index < -0.39 is 7.92 Å².